The Labute approximate surface area is 97.1 Å². The summed E-state index contributed by atoms with van der Waals surface area (Å²) < 4.78 is 0. The zero-order valence-electron chi connectivity index (χ0n) is 9.64. The molecule has 0 saturated heterocycles. The zero-order valence-corrected chi connectivity index (χ0v) is 9.64. The van der Waals surface area contributed by atoms with Crippen molar-refractivity contribution in [3.8, 4) is 0 Å². The highest BCUT2D eigenvalue weighted by Crippen LogP contribution is 2.01. The second-order valence-corrected chi connectivity index (χ2v) is 3.29. The third-order valence-electron chi connectivity index (χ3n) is 2.00. The molecule has 0 aromatic carbocycles. The number of carboxylic acids is 1. The molecule has 0 amide bonds. The second kappa shape index (κ2) is 8.88. The summed E-state index contributed by atoms with van der Waals surface area (Å²) in [6.07, 6.45) is 5.42. The van der Waals surface area contributed by atoms with Crippen LogP contribution in [0.25, 0.3) is 0 Å². The summed E-state index contributed by atoms with van der Waals surface area (Å²) in [5.41, 5.74) is 0. The molecule has 0 atom stereocenters. The first-order valence-corrected chi connectivity index (χ1v) is 5.20. The molecule has 4 heteroatoms. The van der Waals surface area contributed by atoms with Gasteiger partial charge >= 0.3 is 5.97 Å². The molecule has 16 heavy (non-hydrogen) atoms. The van der Waals surface area contributed by atoms with Gasteiger partial charge in [-0.3, -0.25) is 4.79 Å². The van der Waals surface area contributed by atoms with E-state index < -0.39 is 5.97 Å². The Hall–Kier alpha value is -1.39. The molecule has 0 unspecified atom stereocenters. The molecule has 0 aliphatic heterocycles. The molecule has 0 rings (SSSR count). The second-order valence-electron chi connectivity index (χ2n) is 3.29. The van der Waals surface area contributed by atoms with Crippen LogP contribution in [-0.4, -0.2) is 47.3 Å². The van der Waals surface area contributed by atoms with Crippen molar-refractivity contribution >= 4 is 5.97 Å². The number of aliphatic carboxylic acids is 1. The van der Waals surface area contributed by atoms with Crippen molar-refractivity contribution in [2.45, 2.75) is 6.42 Å². The first-order valence-electron chi connectivity index (χ1n) is 5.20. The molecule has 0 aromatic heterocycles. The monoisotopic (exact) mass is 224 g/mol. The maximum Gasteiger partial charge on any atom is 0.304 e. The topological polar surface area (TPSA) is 43.8 Å². The fourth-order valence-electron chi connectivity index (χ4n) is 1.33. The lowest BCUT2D eigenvalue weighted by atomic mass is 10.4. The quantitative estimate of drug-likeness (QED) is 0.451. The Bertz CT molecular complexity index is 241. The standard InChI is InChI=1S/C12H20N2O2/c1-4-8-13(9-5-2)14(10-6-3)11-7-12(15)16/h4-6H,1-3,7-11H2,(H,15,16). The van der Waals surface area contributed by atoms with Gasteiger partial charge in [-0.15, -0.1) is 19.7 Å². The number of hydrazine groups is 1. The van der Waals surface area contributed by atoms with Crippen LogP contribution in [0.4, 0.5) is 0 Å². The van der Waals surface area contributed by atoms with Gasteiger partial charge in [0.25, 0.3) is 0 Å². The van der Waals surface area contributed by atoms with Gasteiger partial charge in [0.05, 0.1) is 6.42 Å². The first kappa shape index (κ1) is 14.6. The minimum atomic E-state index is -0.800. The molecule has 1 N–H and O–H groups in total. The minimum Gasteiger partial charge on any atom is -0.481 e. The SMILES string of the molecule is C=CCN(CC=C)N(CC=C)CCC(=O)O. The van der Waals surface area contributed by atoms with Gasteiger partial charge in [-0.1, -0.05) is 18.2 Å². The number of carbonyl (C=O) groups is 1. The van der Waals surface area contributed by atoms with Crippen LogP contribution >= 0.6 is 0 Å². The normalized spacial score (nSPS) is 10.4. The van der Waals surface area contributed by atoms with Crippen molar-refractivity contribution in [1.82, 2.24) is 10.0 Å². The first-order chi connectivity index (χ1) is 7.65. The fourth-order valence-corrected chi connectivity index (χ4v) is 1.33. The molecular weight excluding hydrogens is 204 g/mol. The molecule has 0 aliphatic rings. The summed E-state index contributed by atoms with van der Waals surface area (Å²) in [5, 5.41) is 12.6. The number of hydrogen-bond acceptors (Lipinski definition) is 3. The molecule has 0 saturated carbocycles. The number of nitrogens with zero attached hydrogens (tertiary/aromatic N) is 2. The molecule has 0 heterocycles. The van der Waals surface area contributed by atoms with Gasteiger partial charge in [0, 0.05) is 26.2 Å². The lowest BCUT2D eigenvalue weighted by Gasteiger charge is -2.32. The van der Waals surface area contributed by atoms with Crippen molar-refractivity contribution in [1.29, 1.82) is 0 Å². The molecule has 0 bridgehead atoms. The Morgan fingerprint density at radius 2 is 1.44 bits per heavy atom. The van der Waals surface area contributed by atoms with Crippen LogP contribution in [-0.2, 0) is 4.79 Å². The van der Waals surface area contributed by atoms with Crippen LogP contribution in [0.15, 0.2) is 38.0 Å². The Morgan fingerprint density at radius 3 is 1.81 bits per heavy atom. The highest BCUT2D eigenvalue weighted by atomic mass is 16.4. The molecular formula is C12H20N2O2. The Kier molecular flexibility index (Phi) is 8.11. The zero-order chi connectivity index (χ0) is 12.4. The summed E-state index contributed by atoms with van der Waals surface area (Å²) >= 11 is 0. The summed E-state index contributed by atoms with van der Waals surface area (Å²) in [6.45, 7) is 13.4. The van der Waals surface area contributed by atoms with Crippen molar-refractivity contribution in [3.05, 3.63) is 38.0 Å². The molecule has 90 valence electrons. The van der Waals surface area contributed by atoms with Crippen molar-refractivity contribution in [2.24, 2.45) is 0 Å². The van der Waals surface area contributed by atoms with Crippen LogP contribution in [0.3, 0.4) is 0 Å². The average Bonchev–Trinajstić information content (AvgIpc) is 2.24. The van der Waals surface area contributed by atoms with Crippen LogP contribution < -0.4 is 0 Å². The Balaban J connectivity index is 4.40. The van der Waals surface area contributed by atoms with E-state index in [0.29, 0.717) is 26.2 Å². The summed E-state index contributed by atoms with van der Waals surface area (Å²) in [7, 11) is 0. The van der Waals surface area contributed by atoms with E-state index in [-0.39, 0.29) is 6.42 Å². The highest BCUT2D eigenvalue weighted by Gasteiger charge is 2.12. The van der Waals surface area contributed by atoms with Crippen LogP contribution in [0.2, 0.25) is 0 Å². The predicted octanol–water partition coefficient (Wildman–Crippen LogP) is 1.54. The number of hydrogen-bond donors (Lipinski definition) is 1. The van der Waals surface area contributed by atoms with Gasteiger partial charge < -0.3 is 5.11 Å². The Morgan fingerprint density at radius 1 is 1.00 bits per heavy atom. The third kappa shape index (κ3) is 6.16. The summed E-state index contributed by atoms with van der Waals surface area (Å²) in [5.74, 6) is -0.800. The summed E-state index contributed by atoms with van der Waals surface area (Å²) in [4.78, 5) is 10.5. The van der Waals surface area contributed by atoms with Gasteiger partial charge in [-0.25, -0.2) is 10.0 Å². The minimum absolute atomic E-state index is 0.110. The van der Waals surface area contributed by atoms with E-state index in [4.69, 9.17) is 5.11 Å². The third-order valence-corrected chi connectivity index (χ3v) is 2.00. The number of rotatable bonds is 10. The number of carboxylic acid groups (broad SMARTS) is 1. The highest BCUT2D eigenvalue weighted by molar-refractivity contribution is 5.66. The van der Waals surface area contributed by atoms with E-state index in [1.54, 1.807) is 18.2 Å². The average molecular weight is 224 g/mol. The molecule has 0 spiro atoms. The van der Waals surface area contributed by atoms with E-state index in [9.17, 15) is 4.79 Å². The maximum atomic E-state index is 10.5. The fraction of sp³-hybridized carbons (Fsp3) is 0.417. The maximum absolute atomic E-state index is 10.5. The van der Waals surface area contributed by atoms with Crippen molar-refractivity contribution in [3.63, 3.8) is 0 Å². The van der Waals surface area contributed by atoms with Gasteiger partial charge in [0.15, 0.2) is 0 Å². The predicted molar refractivity (Wildman–Crippen MR) is 66.0 cm³/mol. The van der Waals surface area contributed by atoms with Gasteiger partial charge in [0.1, 0.15) is 0 Å². The summed E-state index contributed by atoms with van der Waals surface area (Å²) in [6, 6.07) is 0. The molecule has 4 nitrogen and oxygen atoms in total. The molecule has 0 radical (unpaired) electrons. The van der Waals surface area contributed by atoms with Gasteiger partial charge in [0.2, 0.25) is 0 Å². The molecule has 0 fully saturated rings. The van der Waals surface area contributed by atoms with E-state index in [1.807, 2.05) is 10.0 Å². The smallest absolute Gasteiger partial charge is 0.304 e. The van der Waals surface area contributed by atoms with Crippen LogP contribution in [0.1, 0.15) is 6.42 Å². The lowest BCUT2D eigenvalue weighted by molar-refractivity contribution is -0.138. The van der Waals surface area contributed by atoms with Crippen molar-refractivity contribution in [2.75, 3.05) is 26.2 Å². The van der Waals surface area contributed by atoms with Gasteiger partial charge in [-0.2, -0.15) is 0 Å². The van der Waals surface area contributed by atoms with Crippen LogP contribution in [0.5, 0.6) is 0 Å². The lowest BCUT2D eigenvalue weighted by Crippen LogP contribution is -2.44. The van der Waals surface area contributed by atoms with E-state index in [2.05, 4.69) is 19.7 Å². The van der Waals surface area contributed by atoms with Crippen molar-refractivity contribution < 1.29 is 9.90 Å². The van der Waals surface area contributed by atoms with Gasteiger partial charge in [-0.05, 0) is 0 Å². The van der Waals surface area contributed by atoms with E-state index in [0.717, 1.165) is 0 Å². The molecule has 0 aliphatic carbocycles. The van der Waals surface area contributed by atoms with E-state index >= 15 is 0 Å². The van der Waals surface area contributed by atoms with Crippen LogP contribution in [0, 0.1) is 0 Å². The largest absolute Gasteiger partial charge is 0.481 e. The van der Waals surface area contributed by atoms with E-state index in [1.165, 1.54) is 0 Å². The molecule has 0 aromatic rings.